The van der Waals surface area contributed by atoms with Gasteiger partial charge >= 0.3 is 5.76 Å². The minimum absolute atomic E-state index is 0.0865. The van der Waals surface area contributed by atoms with E-state index in [9.17, 15) is 9.59 Å². The van der Waals surface area contributed by atoms with Crippen LogP contribution < -0.4 is 5.76 Å². The van der Waals surface area contributed by atoms with E-state index in [1.165, 1.54) is 0 Å². The number of carbonyl (C=O) groups excluding carboxylic acids is 1. The average molecular weight is 330 g/mol. The highest BCUT2D eigenvalue weighted by Gasteiger charge is 2.23. The van der Waals surface area contributed by atoms with E-state index in [2.05, 4.69) is 23.8 Å². The molecule has 1 amide bonds. The third kappa shape index (κ3) is 3.56. The Hall–Kier alpha value is -2.41. The van der Waals surface area contributed by atoms with E-state index in [1.807, 2.05) is 30.3 Å². The monoisotopic (exact) mass is 330 g/mol. The first-order valence-electron chi connectivity index (χ1n) is 8.20. The first kappa shape index (κ1) is 16.4. The maximum atomic E-state index is 12.4. The van der Waals surface area contributed by atoms with Crippen molar-refractivity contribution in [2.24, 2.45) is 0 Å². The van der Waals surface area contributed by atoms with Crippen molar-refractivity contribution in [3.63, 3.8) is 0 Å². The summed E-state index contributed by atoms with van der Waals surface area (Å²) in [6.07, 6.45) is 0. The van der Waals surface area contributed by atoms with Gasteiger partial charge in [-0.25, -0.2) is 4.79 Å². The first-order valence-corrected chi connectivity index (χ1v) is 8.20. The van der Waals surface area contributed by atoms with Gasteiger partial charge in [0.15, 0.2) is 0 Å². The van der Waals surface area contributed by atoms with Gasteiger partial charge in [0.25, 0.3) is 0 Å². The van der Waals surface area contributed by atoms with Crippen molar-refractivity contribution in [2.45, 2.75) is 26.4 Å². The lowest BCUT2D eigenvalue weighted by Gasteiger charge is -2.36. The van der Waals surface area contributed by atoms with Crippen LogP contribution in [0.1, 0.15) is 13.8 Å². The van der Waals surface area contributed by atoms with Gasteiger partial charge < -0.3 is 9.32 Å². The molecule has 0 radical (unpaired) electrons. The van der Waals surface area contributed by atoms with Gasteiger partial charge in [0, 0.05) is 37.8 Å². The molecule has 1 saturated heterocycles. The maximum Gasteiger partial charge on any atom is 0.437 e. The molecule has 7 heteroatoms. The van der Waals surface area contributed by atoms with Crippen LogP contribution in [0.25, 0.3) is 11.5 Å². The molecule has 1 aliphatic rings. The molecule has 7 nitrogen and oxygen atoms in total. The van der Waals surface area contributed by atoms with Gasteiger partial charge in [-0.05, 0) is 26.0 Å². The van der Waals surface area contributed by atoms with Crippen molar-refractivity contribution < 1.29 is 9.21 Å². The molecule has 0 N–H and O–H groups in total. The van der Waals surface area contributed by atoms with Gasteiger partial charge in [0.2, 0.25) is 11.8 Å². The fourth-order valence-electron chi connectivity index (χ4n) is 2.82. The molecule has 1 aliphatic heterocycles. The smallest absolute Gasteiger partial charge is 0.388 e. The zero-order valence-corrected chi connectivity index (χ0v) is 14.0. The Morgan fingerprint density at radius 2 is 1.83 bits per heavy atom. The fraction of sp³-hybridized carbons (Fsp3) is 0.471. The van der Waals surface area contributed by atoms with Crippen LogP contribution in [0.4, 0.5) is 0 Å². The van der Waals surface area contributed by atoms with Crippen LogP contribution >= 0.6 is 0 Å². The van der Waals surface area contributed by atoms with E-state index in [4.69, 9.17) is 4.42 Å². The summed E-state index contributed by atoms with van der Waals surface area (Å²) in [5, 5.41) is 4.14. The quantitative estimate of drug-likeness (QED) is 0.838. The van der Waals surface area contributed by atoms with Gasteiger partial charge in [0.05, 0.1) is 0 Å². The summed E-state index contributed by atoms with van der Waals surface area (Å²) < 4.78 is 6.25. The van der Waals surface area contributed by atoms with Crippen LogP contribution in [0.15, 0.2) is 39.5 Å². The summed E-state index contributed by atoms with van der Waals surface area (Å²) in [4.78, 5) is 28.4. The minimum atomic E-state index is -0.608. The molecule has 2 aromatic rings. The molecule has 0 bridgehead atoms. The van der Waals surface area contributed by atoms with Crippen molar-refractivity contribution in [2.75, 3.05) is 26.2 Å². The molecule has 1 aromatic heterocycles. The van der Waals surface area contributed by atoms with Crippen LogP contribution in [0.2, 0.25) is 0 Å². The van der Waals surface area contributed by atoms with E-state index in [1.54, 1.807) is 4.90 Å². The number of amides is 1. The maximum absolute atomic E-state index is 12.4. The highest BCUT2D eigenvalue weighted by molar-refractivity contribution is 5.76. The number of aromatic nitrogens is 2. The third-order valence-electron chi connectivity index (χ3n) is 4.31. The summed E-state index contributed by atoms with van der Waals surface area (Å²) >= 11 is 0. The van der Waals surface area contributed by atoms with Gasteiger partial charge in [-0.3, -0.25) is 9.69 Å². The molecule has 3 rings (SSSR count). The summed E-state index contributed by atoms with van der Waals surface area (Å²) in [5.74, 6) is -0.477. The molecule has 0 saturated carbocycles. The molecule has 0 unspecified atom stereocenters. The number of hydrogen-bond acceptors (Lipinski definition) is 5. The van der Waals surface area contributed by atoms with Gasteiger partial charge in [0.1, 0.15) is 6.54 Å². The largest absolute Gasteiger partial charge is 0.437 e. The number of benzene rings is 1. The van der Waals surface area contributed by atoms with E-state index in [0.717, 1.165) is 17.8 Å². The Morgan fingerprint density at radius 1 is 1.17 bits per heavy atom. The zero-order valence-electron chi connectivity index (χ0n) is 14.0. The number of rotatable bonds is 4. The Bertz CT molecular complexity index is 743. The lowest BCUT2D eigenvalue weighted by Crippen LogP contribution is -2.51. The summed E-state index contributed by atoms with van der Waals surface area (Å²) in [6, 6.07) is 9.65. The van der Waals surface area contributed by atoms with Crippen LogP contribution in [-0.4, -0.2) is 57.7 Å². The Balaban J connectivity index is 1.65. The molecule has 0 atom stereocenters. The topological polar surface area (TPSA) is 71.6 Å². The summed E-state index contributed by atoms with van der Waals surface area (Å²) in [7, 11) is 0. The van der Waals surface area contributed by atoms with E-state index in [0.29, 0.717) is 24.7 Å². The fourth-order valence-corrected chi connectivity index (χ4v) is 2.82. The first-order chi connectivity index (χ1) is 11.5. The van der Waals surface area contributed by atoms with E-state index < -0.39 is 5.76 Å². The standard InChI is InChI=1S/C17H22N4O3/c1-13(2)19-8-10-20(11-9-19)15(22)12-21-17(23)24-16(18-21)14-6-4-3-5-7-14/h3-7,13H,8-12H2,1-2H3. The zero-order chi connectivity index (χ0) is 17.1. The Kier molecular flexibility index (Phi) is 4.80. The molecule has 0 spiro atoms. The number of carbonyl (C=O) groups is 1. The molecule has 24 heavy (non-hydrogen) atoms. The predicted molar refractivity (Wildman–Crippen MR) is 89.5 cm³/mol. The Morgan fingerprint density at radius 3 is 2.46 bits per heavy atom. The highest BCUT2D eigenvalue weighted by Crippen LogP contribution is 2.14. The third-order valence-corrected chi connectivity index (χ3v) is 4.31. The van der Waals surface area contributed by atoms with E-state index in [-0.39, 0.29) is 18.3 Å². The second kappa shape index (κ2) is 7.00. The van der Waals surface area contributed by atoms with E-state index >= 15 is 0 Å². The lowest BCUT2D eigenvalue weighted by molar-refractivity contribution is -0.134. The van der Waals surface area contributed by atoms with Crippen LogP contribution in [0.3, 0.4) is 0 Å². The van der Waals surface area contributed by atoms with Crippen LogP contribution in [0.5, 0.6) is 0 Å². The molecule has 0 aliphatic carbocycles. The lowest BCUT2D eigenvalue weighted by atomic mass is 10.2. The summed E-state index contributed by atoms with van der Waals surface area (Å²) in [6.45, 7) is 7.27. The van der Waals surface area contributed by atoms with Crippen molar-refractivity contribution in [3.05, 3.63) is 40.9 Å². The predicted octanol–water partition coefficient (Wildman–Crippen LogP) is 1.06. The van der Waals surface area contributed by atoms with Crippen LogP contribution in [0, 0.1) is 0 Å². The molecular weight excluding hydrogens is 308 g/mol. The van der Waals surface area contributed by atoms with Gasteiger partial charge in [-0.1, -0.05) is 18.2 Å². The minimum Gasteiger partial charge on any atom is -0.388 e. The van der Waals surface area contributed by atoms with Crippen molar-refractivity contribution in [1.82, 2.24) is 19.6 Å². The van der Waals surface area contributed by atoms with Gasteiger partial charge in [-0.2, -0.15) is 4.68 Å². The number of piperazine rings is 1. The average Bonchev–Trinajstić information content (AvgIpc) is 2.96. The normalized spacial score (nSPS) is 15.9. The molecule has 128 valence electrons. The molecule has 2 heterocycles. The Labute approximate surface area is 140 Å². The second-order valence-electron chi connectivity index (χ2n) is 6.21. The molecular formula is C17H22N4O3. The number of hydrogen-bond donors (Lipinski definition) is 0. The summed E-state index contributed by atoms with van der Waals surface area (Å²) in [5.41, 5.74) is 0.714. The molecule has 1 fully saturated rings. The van der Waals surface area contributed by atoms with Gasteiger partial charge in [-0.15, -0.1) is 5.10 Å². The van der Waals surface area contributed by atoms with Crippen molar-refractivity contribution in [3.8, 4) is 11.5 Å². The highest BCUT2D eigenvalue weighted by atomic mass is 16.4. The molecule has 1 aromatic carbocycles. The number of nitrogens with zero attached hydrogens (tertiary/aromatic N) is 4. The van der Waals surface area contributed by atoms with Crippen molar-refractivity contribution in [1.29, 1.82) is 0 Å². The SMILES string of the molecule is CC(C)N1CCN(C(=O)Cn2nc(-c3ccccc3)oc2=O)CC1. The van der Waals surface area contributed by atoms with Crippen LogP contribution in [-0.2, 0) is 11.3 Å². The second-order valence-corrected chi connectivity index (χ2v) is 6.21. The van der Waals surface area contributed by atoms with Crippen molar-refractivity contribution >= 4 is 5.91 Å².